The van der Waals surface area contributed by atoms with Crippen LogP contribution in [-0.2, 0) is 4.79 Å². The first-order valence-corrected chi connectivity index (χ1v) is 5.96. The van der Waals surface area contributed by atoms with Gasteiger partial charge in [0, 0.05) is 12.6 Å². The number of aliphatic carboxylic acids is 1. The maximum atomic E-state index is 10.9. The number of rotatable bonds is 5. The van der Waals surface area contributed by atoms with E-state index in [1.807, 2.05) is 0 Å². The van der Waals surface area contributed by atoms with Crippen LogP contribution in [0, 0.1) is 0 Å². The molecule has 0 spiro atoms. The smallest absolute Gasteiger partial charge is 0.326 e. The lowest BCUT2D eigenvalue weighted by Crippen LogP contribution is -2.35. The minimum absolute atomic E-state index is 0.158. The van der Waals surface area contributed by atoms with Crippen molar-refractivity contribution < 1.29 is 19.2 Å². The van der Waals surface area contributed by atoms with Crippen molar-refractivity contribution in [3.63, 3.8) is 0 Å². The first-order valence-electron chi connectivity index (χ1n) is 5.96. The molecule has 2 rings (SSSR count). The molecule has 1 heterocycles. The van der Waals surface area contributed by atoms with Crippen LogP contribution in [-0.4, -0.2) is 41.4 Å². The van der Waals surface area contributed by atoms with Crippen LogP contribution in [0.3, 0.4) is 0 Å². The van der Waals surface area contributed by atoms with Gasteiger partial charge in [0.2, 0.25) is 5.82 Å². The van der Waals surface area contributed by atoms with E-state index in [-0.39, 0.29) is 6.01 Å². The molecule has 7 heteroatoms. The van der Waals surface area contributed by atoms with Crippen LogP contribution in [0.15, 0.2) is 28.8 Å². The molecule has 0 aliphatic heterocycles. The van der Waals surface area contributed by atoms with Crippen molar-refractivity contribution in [2.75, 3.05) is 19.1 Å². The molecular weight excluding hydrogens is 262 g/mol. The second kappa shape index (κ2) is 5.60. The first kappa shape index (κ1) is 13.9. The van der Waals surface area contributed by atoms with Crippen LogP contribution in [0.4, 0.5) is 6.01 Å². The molecule has 0 aliphatic carbocycles. The Bertz CT molecular complexity index is 594. The number of carboxylic acid groups (broad SMARTS) is 1. The zero-order chi connectivity index (χ0) is 14.7. The van der Waals surface area contributed by atoms with Gasteiger partial charge in [0.25, 0.3) is 0 Å². The molecule has 0 radical (unpaired) electrons. The predicted molar refractivity (Wildman–Crippen MR) is 71.8 cm³/mol. The van der Waals surface area contributed by atoms with Crippen LogP contribution >= 0.6 is 0 Å². The zero-order valence-corrected chi connectivity index (χ0v) is 11.4. The van der Waals surface area contributed by atoms with E-state index >= 15 is 0 Å². The average Bonchev–Trinajstić information content (AvgIpc) is 2.95. The summed E-state index contributed by atoms with van der Waals surface area (Å²) in [6.45, 7) is 1.54. The fraction of sp³-hybridized carbons (Fsp3) is 0.308. The van der Waals surface area contributed by atoms with Crippen molar-refractivity contribution in [2.24, 2.45) is 0 Å². The molecule has 2 aromatic rings. The maximum Gasteiger partial charge on any atom is 0.326 e. The van der Waals surface area contributed by atoms with Crippen LogP contribution in [0.2, 0.25) is 0 Å². The molecule has 1 aromatic heterocycles. The number of methoxy groups -OCH3 is 1. The second-order valence-corrected chi connectivity index (χ2v) is 4.25. The largest absolute Gasteiger partial charge is 0.497 e. The lowest BCUT2D eigenvalue weighted by Gasteiger charge is -2.17. The van der Waals surface area contributed by atoms with Gasteiger partial charge in [-0.3, -0.25) is 0 Å². The highest BCUT2D eigenvalue weighted by atomic mass is 16.5. The highest BCUT2D eigenvalue weighted by Crippen LogP contribution is 2.22. The van der Waals surface area contributed by atoms with Gasteiger partial charge in [-0.05, 0) is 31.2 Å². The number of carbonyl (C=O) groups is 1. The molecule has 20 heavy (non-hydrogen) atoms. The molecule has 0 aliphatic rings. The van der Waals surface area contributed by atoms with Gasteiger partial charge in [-0.25, -0.2) is 4.79 Å². The molecule has 1 aromatic carbocycles. The summed E-state index contributed by atoms with van der Waals surface area (Å²) >= 11 is 0. The Balaban J connectivity index is 2.21. The fourth-order valence-electron chi connectivity index (χ4n) is 1.55. The van der Waals surface area contributed by atoms with Gasteiger partial charge in [0.15, 0.2) is 0 Å². The lowest BCUT2D eigenvalue weighted by molar-refractivity contribution is -0.138. The van der Waals surface area contributed by atoms with Gasteiger partial charge >= 0.3 is 12.0 Å². The highest BCUT2D eigenvalue weighted by Gasteiger charge is 2.22. The molecule has 0 saturated heterocycles. The summed E-state index contributed by atoms with van der Waals surface area (Å²) in [7, 11) is 3.17. The third-order valence-corrected chi connectivity index (χ3v) is 3.00. The van der Waals surface area contributed by atoms with Crippen molar-refractivity contribution in [1.82, 2.24) is 10.1 Å². The van der Waals surface area contributed by atoms with E-state index in [0.29, 0.717) is 5.82 Å². The number of anilines is 1. The molecule has 7 nitrogen and oxygen atoms in total. The van der Waals surface area contributed by atoms with Crippen molar-refractivity contribution in [3.05, 3.63) is 24.3 Å². The quantitative estimate of drug-likeness (QED) is 0.888. The topological polar surface area (TPSA) is 88.7 Å². The van der Waals surface area contributed by atoms with Gasteiger partial charge in [0.05, 0.1) is 7.11 Å². The van der Waals surface area contributed by atoms with Crippen LogP contribution < -0.4 is 9.64 Å². The van der Waals surface area contributed by atoms with Crippen molar-refractivity contribution in [3.8, 4) is 17.1 Å². The van der Waals surface area contributed by atoms with E-state index in [9.17, 15) is 4.79 Å². The maximum absolute atomic E-state index is 10.9. The molecule has 0 bridgehead atoms. The fourth-order valence-corrected chi connectivity index (χ4v) is 1.55. The van der Waals surface area contributed by atoms with Gasteiger partial charge in [-0.15, -0.1) is 0 Å². The summed E-state index contributed by atoms with van der Waals surface area (Å²) in [5.41, 5.74) is 0.761. The summed E-state index contributed by atoms with van der Waals surface area (Å²) in [5, 5.41) is 12.8. The van der Waals surface area contributed by atoms with E-state index in [2.05, 4.69) is 10.1 Å². The Labute approximate surface area is 115 Å². The van der Waals surface area contributed by atoms with Crippen LogP contribution in [0.1, 0.15) is 6.92 Å². The summed E-state index contributed by atoms with van der Waals surface area (Å²) in [4.78, 5) is 16.5. The normalized spacial score (nSPS) is 11.9. The summed E-state index contributed by atoms with van der Waals surface area (Å²) in [6, 6.07) is 6.58. The van der Waals surface area contributed by atoms with Crippen molar-refractivity contribution in [2.45, 2.75) is 13.0 Å². The van der Waals surface area contributed by atoms with E-state index in [1.54, 1.807) is 45.3 Å². The van der Waals surface area contributed by atoms with Crippen molar-refractivity contribution in [1.29, 1.82) is 0 Å². The Morgan fingerprint density at radius 3 is 2.60 bits per heavy atom. The molecular formula is C13H15N3O4. The number of aromatic nitrogens is 2. The van der Waals surface area contributed by atoms with Gasteiger partial charge in [-0.1, -0.05) is 5.16 Å². The predicted octanol–water partition coefficient (Wildman–Crippen LogP) is 1.65. The van der Waals surface area contributed by atoms with Crippen molar-refractivity contribution >= 4 is 12.0 Å². The Morgan fingerprint density at radius 2 is 2.05 bits per heavy atom. The third-order valence-electron chi connectivity index (χ3n) is 3.00. The minimum Gasteiger partial charge on any atom is -0.497 e. The highest BCUT2D eigenvalue weighted by molar-refractivity contribution is 5.76. The average molecular weight is 277 g/mol. The molecule has 1 unspecified atom stereocenters. The summed E-state index contributed by atoms with van der Waals surface area (Å²) < 4.78 is 10.1. The van der Waals surface area contributed by atoms with E-state index in [4.69, 9.17) is 14.4 Å². The third kappa shape index (κ3) is 2.71. The summed E-state index contributed by atoms with van der Waals surface area (Å²) in [5.74, 6) is 0.165. The molecule has 0 fully saturated rings. The Morgan fingerprint density at radius 1 is 1.40 bits per heavy atom. The number of nitrogens with zero attached hydrogens (tertiary/aromatic N) is 3. The number of ether oxygens (including phenoxy) is 1. The minimum atomic E-state index is -0.961. The molecule has 1 atom stereocenters. The van der Waals surface area contributed by atoms with Crippen LogP contribution in [0.25, 0.3) is 11.4 Å². The number of hydrogen-bond acceptors (Lipinski definition) is 6. The van der Waals surface area contributed by atoms with Gasteiger partial charge in [-0.2, -0.15) is 4.98 Å². The zero-order valence-electron chi connectivity index (χ0n) is 11.4. The standard InChI is InChI=1S/C13H15N3O4/c1-8(12(17)18)16(2)13-14-11(15-20-13)9-4-6-10(19-3)7-5-9/h4-8H,1-3H3,(H,17,18). The molecule has 106 valence electrons. The lowest BCUT2D eigenvalue weighted by atomic mass is 10.2. The van der Waals surface area contributed by atoms with Crippen LogP contribution in [0.5, 0.6) is 5.75 Å². The SMILES string of the molecule is COc1ccc(-c2noc(N(C)C(C)C(=O)O)n2)cc1. The molecule has 0 saturated carbocycles. The van der Waals surface area contributed by atoms with E-state index in [1.165, 1.54) is 4.90 Å². The monoisotopic (exact) mass is 277 g/mol. The molecule has 0 amide bonds. The summed E-state index contributed by atoms with van der Waals surface area (Å²) in [6.07, 6.45) is 0. The number of likely N-dealkylation sites (N-methyl/N-ethyl adjacent to an activating group) is 1. The number of carboxylic acids is 1. The van der Waals surface area contributed by atoms with E-state index < -0.39 is 12.0 Å². The van der Waals surface area contributed by atoms with E-state index in [0.717, 1.165) is 11.3 Å². The Kier molecular flexibility index (Phi) is 3.88. The van der Waals surface area contributed by atoms with Gasteiger partial charge < -0.3 is 19.3 Å². The number of benzene rings is 1. The Hall–Kier alpha value is -2.57. The van der Waals surface area contributed by atoms with Gasteiger partial charge in [0.1, 0.15) is 11.8 Å². The second-order valence-electron chi connectivity index (χ2n) is 4.25. The molecule has 1 N–H and O–H groups in total. The first-order chi connectivity index (χ1) is 9.52. The number of hydrogen-bond donors (Lipinski definition) is 1.